The minimum absolute atomic E-state index is 0.338. The molecule has 0 spiro atoms. The second-order valence-corrected chi connectivity index (χ2v) is 9.92. The molecule has 6 rings (SSSR count). The van der Waals surface area contributed by atoms with Crippen molar-refractivity contribution in [2.75, 3.05) is 6.54 Å². The molecule has 3 aromatic carbocycles. The van der Waals surface area contributed by atoms with Gasteiger partial charge in [-0.05, 0) is 41.5 Å². The first-order valence-corrected chi connectivity index (χ1v) is 11.7. The van der Waals surface area contributed by atoms with Gasteiger partial charge in [0.25, 0.3) is 0 Å². The maximum Gasteiger partial charge on any atom is 0.244 e. The molecule has 150 valence electrons. The number of aromatic nitrogens is 2. The SMILES string of the molecule is O=S(=O)(c1ccc2c3c(cccc13)CC2)N1CCn2nc(-c3ccccc3)cc2C1. The fourth-order valence-electron chi connectivity index (χ4n) is 4.78. The van der Waals surface area contributed by atoms with E-state index in [9.17, 15) is 8.42 Å². The van der Waals surface area contributed by atoms with E-state index in [-0.39, 0.29) is 0 Å². The summed E-state index contributed by atoms with van der Waals surface area (Å²) in [4.78, 5) is 0.418. The second-order valence-electron chi connectivity index (χ2n) is 8.01. The summed E-state index contributed by atoms with van der Waals surface area (Å²) in [6.45, 7) is 1.32. The number of benzene rings is 3. The lowest BCUT2D eigenvalue weighted by Gasteiger charge is -2.27. The van der Waals surface area contributed by atoms with Gasteiger partial charge in [0.15, 0.2) is 0 Å². The quantitative estimate of drug-likeness (QED) is 0.508. The molecule has 1 aromatic heterocycles. The molecular weight excluding hydrogens is 394 g/mol. The van der Waals surface area contributed by atoms with Gasteiger partial charge < -0.3 is 0 Å². The molecule has 4 aromatic rings. The van der Waals surface area contributed by atoms with Crippen molar-refractivity contribution in [3.8, 4) is 11.3 Å². The van der Waals surface area contributed by atoms with E-state index in [0.29, 0.717) is 24.5 Å². The van der Waals surface area contributed by atoms with Crippen molar-refractivity contribution < 1.29 is 8.42 Å². The van der Waals surface area contributed by atoms with Gasteiger partial charge in [-0.15, -0.1) is 0 Å². The van der Waals surface area contributed by atoms with Crippen molar-refractivity contribution in [2.24, 2.45) is 0 Å². The van der Waals surface area contributed by atoms with Crippen LogP contribution in [0, 0.1) is 0 Å². The maximum absolute atomic E-state index is 13.6. The number of rotatable bonds is 3. The Kier molecular flexibility index (Phi) is 3.88. The van der Waals surface area contributed by atoms with Gasteiger partial charge in [0, 0.05) is 17.5 Å². The lowest BCUT2D eigenvalue weighted by Crippen LogP contribution is -2.38. The van der Waals surface area contributed by atoms with Crippen LogP contribution in [-0.4, -0.2) is 29.0 Å². The summed E-state index contributed by atoms with van der Waals surface area (Å²) in [6.07, 6.45) is 1.97. The van der Waals surface area contributed by atoms with E-state index < -0.39 is 10.0 Å². The fourth-order valence-corrected chi connectivity index (χ4v) is 6.37. The minimum atomic E-state index is -3.60. The van der Waals surface area contributed by atoms with Crippen molar-refractivity contribution in [1.82, 2.24) is 14.1 Å². The van der Waals surface area contributed by atoms with E-state index in [2.05, 4.69) is 11.2 Å². The zero-order chi connectivity index (χ0) is 20.3. The fraction of sp³-hybridized carbons (Fsp3) is 0.208. The molecule has 30 heavy (non-hydrogen) atoms. The molecule has 5 nitrogen and oxygen atoms in total. The van der Waals surface area contributed by atoms with Crippen LogP contribution in [0.2, 0.25) is 0 Å². The first-order chi connectivity index (χ1) is 14.6. The van der Waals surface area contributed by atoms with E-state index in [1.165, 1.54) is 11.1 Å². The van der Waals surface area contributed by atoms with Crippen LogP contribution in [0.5, 0.6) is 0 Å². The predicted octanol–water partition coefficient (Wildman–Crippen LogP) is 4.01. The van der Waals surface area contributed by atoms with E-state index in [4.69, 9.17) is 0 Å². The van der Waals surface area contributed by atoms with Crippen molar-refractivity contribution in [2.45, 2.75) is 30.8 Å². The highest BCUT2D eigenvalue weighted by atomic mass is 32.2. The second kappa shape index (κ2) is 6.52. The van der Waals surface area contributed by atoms with Crippen LogP contribution >= 0.6 is 0 Å². The first kappa shape index (κ1) is 17.9. The van der Waals surface area contributed by atoms with Gasteiger partial charge in [0.1, 0.15) is 0 Å². The van der Waals surface area contributed by atoms with Crippen LogP contribution in [-0.2, 0) is 36.0 Å². The molecule has 0 bridgehead atoms. The number of aryl methyl sites for hydroxylation is 2. The van der Waals surface area contributed by atoms with E-state index in [1.54, 1.807) is 10.4 Å². The third-order valence-electron chi connectivity index (χ3n) is 6.29. The van der Waals surface area contributed by atoms with Crippen molar-refractivity contribution in [3.05, 3.63) is 83.6 Å². The normalized spacial score (nSPS) is 16.1. The smallest absolute Gasteiger partial charge is 0.244 e. The molecule has 0 amide bonds. The highest BCUT2D eigenvalue weighted by Crippen LogP contribution is 2.36. The Labute approximate surface area is 175 Å². The third-order valence-corrected chi connectivity index (χ3v) is 8.19. The largest absolute Gasteiger partial charge is 0.266 e. The Bertz CT molecular complexity index is 1380. The average Bonchev–Trinajstić information content (AvgIpc) is 3.39. The van der Waals surface area contributed by atoms with Gasteiger partial charge in [-0.3, -0.25) is 4.68 Å². The maximum atomic E-state index is 13.6. The topological polar surface area (TPSA) is 55.2 Å². The molecular formula is C24H21N3O2S. The summed E-state index contributed by atoms with van der Waals surface area (Å²) < 4.78 is 30.8. The number of hydrogen-bond acceptors (Lipinski definition) is 3. The van der Waals surface area contributed by atoms with Crippen LogP contribution in [0.3, 0.4) is 0 Å². The van der Waals surface area contributed by atoms with Crippen LogP contribution < -0.4 is 0 Å². The third kappa shape index (κ3) is 2.64. The molecule has 0 saturated heterocycles. The van der Waals surface area contributed by atoms with Crippen LogP contribution in [0.25, 0.3) is 22.0 Å². The van der Waals surface area contributed by atoms with Gasteiger partial charge >= 0.3 is 0 Å². The molecule has 1 aliphatic carbocycles. The van der Waals surface area contributed by atoms with Crippen molar-refractivity contribution in [1.29, 1.82) is 0 Å². The molecule has 1 aliphatic heterocycles. The van der Waals surface area contributed by atoms with E-state index in [0.717, 1.165) is 40.6 Å². The molecule has 2 heterocycles. The molecule has 2 aliphatic rings. The Hall–Kier alpha value is -2.96. The standard InChI is InChI=1S/C24H21N3O2S/c28-30(29,23-12-11-19-10-9-18-7-4-8-21(23)24(18)19)26-13-14-27-20(16-26)15-22(25-27)17-5-2-1-3-6-17/h1-8,11-12,15H,9-10,13-14,16H2. The zero-order valence-electron chi connectivity index (χ0n) is 16.5. The summed E-state index contributed by atoms with van der Waals surface area (Å²) in [5.41, 5.74) is 5.36. The molecule has 6 heteroatoms. The Morgan fingerprint density at radius 3 is 2.47 bits per heavy atom. The van der Waals surface area contributed by atoms with E-state index >= 15 is 0 Å². The first-order valence-electron chi connectivity index (χ1n) is 10.3. The summed E-state index contributed by atoms with van der Waals surface area (Å²) in [7, 11) is -3.60. The van der Waals surface area contributed by atoms with Crippen LogP contribution in [0.15, 0.2) is 71.6 Å². The number of nitrogens with zero attached hydrogens (tertiary/aromatic N) is 3. The van der Waals surface area contributed by atoms with Crippen LogP contribution in [0.4, 0.5) is 0 Å². The van der Waals surface area contributed by atoms with Crippen LogP contribution in [0.1, 0.15) is 16.8 Å². The molecule has 0 radical (unpaired) electrons. The lowest BCUT2D eigenvalue weighted by molar-refractivity contribution is 0.327. The lowest BCUT2D eigenvalue weighted by atomic mass is 10.1. The molecule has 0 fully saturated rings. The monoisotopic (exact) mass is 415 g/mol. The molecule has 0 saturated carbocycles. The average molecular weight is 416 g/mol. The van der Waals surface area contributed by atoms with Gasteiger partial charge in [0.05, 0.1) is 29.4 Å². The Morgan fingerprint density at radius 2 is 1.63 bits per heavy atom. The highest BCUT2D eigenvalue weighted by Gasteiger charge is 2.31. The number of hydrogen-bond donors (Lipinski definition) is 0. The van der Waals surface area contributed by atoms with Crippen molar-refractivity contribution in [3.63, 3.8) is 0 Å². The molecule has 0 N–H and O–H groups in total. The van der Waals surface area contributed by atoms with E-state index in [1.807, 2.05) is 59.3 Å². The Balaban J connectivity index is 1.39. The zero-order valence-corrected chi connectivity index (χ0v) is 17.3. The van der Waals surface area contributed by atoms with Gasteiger partial charge in [0.2, 0.25) is 10.0 Å². The van der Waals surface area contributed by atoms with Crippen molar-refractivity contribution >= 4 is 20.8 Å². The van der Waals surface area contributed by atoms with Gasteiger partial charge in [-0.1, -0.05) is 54.6 Å². The minimum Gasteiger partial charge on any atom is -0.266 e. The highest BCUT2D eigenvalue weighted by molar-refractivity contribution is 7.89. The van der Waals surface area contributed by atoms with Gasteiger partial charge in [-0.25, -0.2) is 8.42 Å². The Morgan fingerprint density at radius 1 is 0.833 bits per heavy atom. The summed E-state index contributed by atoms with van der Waals surface area (Å²) in [5, 5.41) is 6.67. The summed E-state index contributed by atoms with van der Waals surface area (Å²) in [5.74, 6) is 0. The summed E-state index contributed by atoms with van der Waals surface area (Å²) in [6, 6.07) is 21.8. The molecule has 0 unspecified atom stereocenters. The number of sulfonamides is 1. The summed E-state index contributed by atoms with van der Waals surface area (Å²) >= 11 is 0. The number of fused-ring (bicyclic) bond motifs is 1. The predicted molar refractivity (Wildman–Crippen MR) is 117 cm³/mol. The van der Waals surface area contributed by atoms with Gasteiger partial charge in [-0.2, -0.15) is 9.40 Å². The molecule has 0 atom stereocenters.